The summed E-state index contributed by atoms with van der Waals surface area (Å²) in [5.41, 5.74) is 2.84. The van der Waals surface area contributed by atoms with Crippen molar-refractivity contribution in [3.8, 4) is 16.1 Å². The molecule has 0 radical (unpaired) electrons. The van der Waals surface area contributed by atoms with Gasteiger partial charge in [-0.25, -0.2) is 9.78 Å². The smallest absolute Gasteiger partial charge is 0.359 e. The molecule has 1 atom stereocenters. The van der Waals surface area contributed by atoms with Crippen molar-refractivity contribution in [2.45, 2.75) is 45.3 Å². The maximum Gasteiger partial charge on any atom is 0.359 e. The molecule has 5 rings (SSSR count). The lowest BCUT2D eigenvalue weighted by Crippen LogP contribution is -2.31. The van der Waals surface area contributed by atoms with Gasteiger partial charge in [0.15, 0.2) is 5.69 Å². The van der Waals surface area contributed by atoms with E-state index in [1.54, 1.807) is 17.7 Å². The highest BCUT2D eigenvalue weighted by Gasteiger charge is 2.40. The van der Waals surface area contributed by atoms with Crippen molar-refractivity contribution in [2.24, 2.45) is 0 Å². The van der Waals surface area contributed by atoms with Crippen molar-refractivity contribution in [1.82, 2.24) is 14.5 Å². The van der Waals surface area contributed by atoms with E-state index in [-0.39, 0.29) is 11.9 Å². The zero-order chi connectivity index (χ0) is 21.0. The highest BCUT2D eigenvalue weighted by Crippen LogP contribution is 2.41. The van der Waals surface area contributed by atoms with E-state index in [1.807, 2.05) is 59.9 Å². The Labute approximate surface area is 179 Å². The number of rotatable bonds is 2. The first kappa shape index (κ1) is 19.1. The van der Waals surface area contributed by atoms with Gasteiger partial charge in [0.05, 0.1) is 23.0 Å². The highest BCUT2D eigenvalue weighted by atomic mass is 32.1. The Morgan fingerprint density at radius 1 is 1.27 bits per heavy atom. The molecule has 2 aromatic heterocycles. The van der Waals surface area contributed by atoms with Crippen LogP contribution >= 0.6 is 11.3 Å². The summed E-state index contributed by atoms with van der Waals surface area (Å²) in [6, 6.07) is 9.81. The molecule has 2 aliphatic rings. The molecule has 0 aliphatic carbocycles. The van der Waals surface area contributed by atoms with Crippen LogP contribution in [0.25, 0.3) is 16.1 Å². The van der Waals surface area contributed by atoms with Crippen LogP contribution in [0.1, 0.15) is 66.2 Å². The van der Waals surface area contributed by atoms with E-state index in [0.717, 1.165) is 34.7 Å². The molecule has 1 saturated heterocycles. The maximum atomic E-state index is 13.5. The summed E-state index contributed by atoms with van der Waals surface area (Å²) in [5.74, 6) is -0.445. The van der Waals surface area contributed by atoms with Gasteiger partial charge in [-0.05, 0) is 62.8 Å². The van der Waals surface area contributed by atoms with Gasteiger partial charge in [0.2, 0.25) is 0 Å². The minimum Gasteiger partial charge on any atom is -0.455 e. The molecule has 2 aliphatic heterocycles. The van der Waals surface area contributed by atoms with Crippen LogP contribution in [-0.4, -0.2) is 38.5 Å². The van der Waals surface area contributed by atoms with Crippen LogP contribution in [-0.2, 0) is 4.74 Å². The molecule has 0 saturated carbocycles. The second-order valence-corrected chi connectivity index (χ2v) is 9.66. The topological polar surface area (TPSA) is 64.4 Å². The quantitative estimate of drug-likeness (QED) is 0.555. The van der Waals surface area contributed by atoms with E-state index in [1.165, 1.54) is 0 Å². The van der Waals surface area contributed by atoms with Crippen molar-refractivity contribution >= 4 is 23.2 Å². The molecular weight excluding hydrogens is 398 g/mol. The second-order valence-electron chi connectivity index (χ2n) is 8.72. The lowest BCUT2D eigenvalue weighted by molar-refractivity contribution is 0.00595. The zero-order valence-electron chi connectivity index (χ0n) is 17.2. The normalized spacial score (nSPS) is 17.9. The summed E-state index contributed by atoms with van der Waals surface area (Å²) >= 11 is 1.65. The average molecular weight is 422 g/mol. The van der Waals surface area contributed by atoms with Crippen LogP contribution in [0.15, 0.2) is 42.0 Å². The lowest BCUT2D eigenvalue weighted by Gasteiger charge is -2.24. The van der Waals surface area contributed by atoms with Crippen molar-refractivity contribution in [2.75, 3.05) is 6.54 Å². The number of benzene rings is 1. The second kappa shape index (κ2) is 6.80. The van der Waals surface area contributed by atoms with Crippen molar-refractivity contribution in [3.63, 3.8) is 0 Å². The SMILES string of the molecule is CC(C)(C)OC(=O)c1ncn2c1[C@@H]1CCCN1C(=O)c1cc(-c3cccs3)ccc1-2. The molecule has 1 amide bonds. The zero-order valence-corrected chi connectivity index (χ0v) is 18.0. The third-order valence-corrected chi connectivity index (χ3v) is 6.44. The van der Waals surface area contributed by atoms with Gasteiger partial charge in [-0.2, -0.15) is 0 Å². The van der Waals surface area contributed by atoms with E-state index in [4.69, 9.17) is 4.74 Å². The largest absolute Gasteiger partial charge is 0.455 e. The fourth-order valence-corrected chi connectivity index (χ4v) is 5.04. The first-order valence-electron chi connectivity index (χ1n) is 10.1. The highest BCUT2D eigenvalue weighted by molar-refractivity contribution is 7.13. The Morgan fingerprint density at radius 2 is 2.10 bits per heavy atom. The average Bonchev–Trinajstić information content (AvgIpc) is 3.44. The summed E-state index contributed by atoms with van der Waals surface area (Å²) in [6.45, 7) is 6.19. The fourth-order valence-electron chi connectivity index (χ4n) is 4.31. The van der Waals surface area contributed by atoms with E-state index in [2.05, 4.69) is 11.1 Å². The third kappa shape index (κ3) is 3.04. The minimum absolute atomic E-state index is 0.00439. The van der Waals surface area contributed by atoms with Gasteiger partial charge in [0.25, 0.3) is 5.91 Å². The number of thiophene rings is 1. The van der Waals surface area contributed by atoms with Crippen LogP contribution in [0.3, 0.4) is 0 Å². The van der Waals surface area contributed by atoms with Gasteiger partial charge in [0.1, 0.15) is 11.9 Å². The number of fused-ring (bicyclic) bond motifs is 5. The van der Waals surface area contributed by atoms with Crippen molar-refractivity contribution < 1.29 is 14.3 Å². The van der Waals surface area contributed by atoms with Gasteiger partial charge in [-0.15, -0.1) is 11.3 Å². The summed E-state index contributed by atoms with van der Waals surface area (Å²) in [4.78, 5) is 33.8. The molecule has 30 heavy (non-hydrogen) atoms. The minimum atomic E-state index is -0.614. The lowest BCUT2D eigenvalue weighted by atomic mass is 10.1. The van der Waals surface area contributed by atoms with Crippen LogP contribution < -0.4 is 0 Å². The summed E-state index contributed by atoms with van der Waals surface area (Å²) in [6.07, 6.45) is 3.35. The van der Waals surface area contributed by atoms with Gasteiger partial charge in [-0.1, -0.05) is 12.1 Å². The number of hydrogen-bond acceptors (Lipinski definition) is 5. The molecule has 0 spiro atoms. The molecule has 154 valence electrons. The predicted molar refractivity (Wildman–Crippen MR) is 115 cm³/mol. The van der Waals surface area contributed by atoms with Crippen LogP contribution in [0.4, 0.5) is 0 Å². The number of esters is 1. The third-order valence-electron chi connectivity index (χ3n) is 5.52. The Bertz CT molecular complexity index is 1140. The van der Waals surface area contributed by atoms with Crippen LogP contribution in [0.5, 0.6) is 0 Å². The Balaban J connectivity index is 1.68. The van der Waals surface area contributed by atoms with E-state index < -0.39 is 11.6 Å². The van der Waals surface area contributed by atoms with Crippen LogP contribution in [0, 0.1) is 0 Å². The number of ether oxygens (including phenoxy) is 1. The van der Waals surface area contributed by atoms with E-state index >= 15 is 0 Å². The molecule has 0 unspecified atom stereocenters. The first-order chi connectivity index (χ1) is 14.3. The summed E-state index contributed by atoms with van der Waals surface area (Å²) in [5, 5.41) is 2.03. The number of nitrogens with zero attached hydrogens (tertiary/aromatic N) is 3. The molecule has 7 heteroatoms. The van der Waals surface area contributed by atoms with Gasteiger partial charge in [-0.3, -0.25) is 9.36 Å². The Morgan fingerprint density at radius 3 is 2.83 bits per heavy atom. The molecule has 3 aromatic rings. The standard InChI is InChI=1S/C23H23N3O3S/c1-23(2,3)29-22(28)19-20-17-6-4-10-25(17)21(27)15-12-14(18-7-5-11-30-18)8-9-16(15)26(20)13-24-19/h5,7-9,11-13,17H,4,6,10H2,1-3H3/t17-/m0/s1. The molecule has 1 aromatic carbocycles. The number of carbonyl (C=O) groups excluding carboxylic acids is 2. The van der Waals surface area contributed by atoms with Gasteiger partial charge < -0.3 is 9.64 Å². The molecule has 0 N–H and O–H groups in total. The fraction of sp³-hybridized carbons (Fsp3) is 0.348. The predicted octanol–water partition coefficient (Wildman–Crippen LogP) is 4.85. The number of amides is 1. The summed E-state index contributed by atoms with van der Waals surface area (Å²) < 4.78 is 7.51. The van der Waals surface area contributed by atoms with Crippen LogP contribution in [0.2, 0.25) is 0 Å². The maximum absolute atomic E-state index is 13.5. The first-order valence-corrected chi connectivity index (χ1v) is 11.0. The van der Waals surface area contributed by atoms with E-state index in [9.17, 15) is 9.59 Å². The Kier molecular flexibility index (Phi) is 4.32. The van der Waals surface area contributed by atoms with Crippen molar-refractivity contribution in [3.05, 3.63) is 59.0 Å². The number of aromatic nitrogens is 2. The number of carbonyl (C=O) groups is 2. The number of imidazole rings is 1. The Hall–Kier alpha value is -2.93. The number of hydrogen-bond donors (Lipinski definition) is 0. The van der Waals surface area contributed by atoms with E-state index in [0.29, 0.717) is 17.8 Å². The molecule has 6 nitrogen and oxygen atoms in total. The summed E-state index contributed by atoms with van der Waals surface area (Å²) in [7, 11) is 0. The molecule has 0 bridgehead atoms. The van der Waals surface area contributed by atoms with Gasteiger partial charge in [0, 0.05) is 11.4 Å². The van der Waals surface area contributed by atoms with Gasteiger partial charge >= 0.3 is 5.97 Å². The monoisotopic (exact) mass is 421 g/mol. The molecule has 1 fully saturated rings. The van der Waals surface area contributed by atoms with Crippen molar-refractivity contribution in [1.29, 1.82) is 0 Å². The molecule has 4 heterocycles. The molecular formula is C23H23N3O3S.